The van der Waals surface area contributed by atoms with Crippen LogP contribution < -0.4 is 5.32 Å². The predicted molar refractivity (Wildman–Crippen MR) is 88.8 cm³/mol. The average Bonchev–Trinajstić information content (AvgIpc) is 2.93. The number of hydrogen-bond donors (Lipinski definition) is 1. The summed E-state index contributed by atoms with van der Waals surface area (Å²) in [5.74, 6) is -2.38. The van der Waals surface area contributed by atoms with Gasteiger partial charge in [-0.3, -0.25) is 4.79 Å². The van der Waals surface area contributed by atoms with E-state index in [-0.39, 0.29) is 11.6 Å². The van der Waals surface area contributed by atoms with Crippen molar-refractivity contribution in [3.05, 3.63) is 70.6 Å². The van der Waals surface area contributed by atoms with Gasteiger partial charge in [0.15, 0.2) is 11.6 Å². The van der Waals surface area contributed by atoms with Crippen molar-refractivity contribution in [2.75, 3.05) is 0 Å². The second-order valence-corrected chi connectivity index (χ2v) is 6.38. The number of carbonyl (C=O) groups excluding carboxylic acids is 1. The van der Waals surface area contributed by atoms with Crippen LogP contribution in [0.3, 0.4) is 0 Å². The maximum atomic E-state index is 13.2. The smallest absolute Gasteiger partial charge is 0.251 e. The first-order valence-corrected chi connectivity index (χ1v) is 8.13. The average molecular weight is 331 g/mol. The molecular weight excluding hydrogens is 316 g/mol. The molecule has 0 aliphatic rings. The Balaban J connectivity index is 1.70. The van der Waals surface area contributed by atoms with Crippen molar-refractivity contribution in [1.29, 1.82) is 0 Å². The maximum Gasteiger partial charge on any atom is 0.251 e. The Morgan fingerprint density at radius 2 is 1.96 bits per heavy atom. The molecule has 23 heavy (non-hydrogen) atoms. The van der Waals surface area contributed by atoms with Crippen molar-refractivity contribution < 1.29 is 13.6 Å². The highest BCUT2D eigenvalue weighted by Crippen LogP contribution is 2.26. The van der Waals surface area contributed by atoms with Crippen molar-refractivity contribution >= 4 is 27.3 Å². The lowest BCUT2D eigenvalue weighted by atomic mass is 10.1. The molecule has 1 atom stereocenters. The molecule has 2 nitrogen and oxygen atoms in total. The largest absolute Gasteiger partial charge is 0.349 e. The minimum atomic E-state index is -1.02. The van der Waals surface area contributed by atoms with Gasteiger partial charge in [0.05, 0.1) is 0 Å². The minimum Gasteiger partial charge on any atom is -0.349 e. The SMILES string of the molecule is C[C@H](Cc1csc2ccccc12)NC(=O)c1ccc(F)c(F)c1. The maximum absolute atomic E-state index is 13.2. The third-order valence-corrected chi connectivity index (χ3v) is 4.66. The van der Waals surface area contributed by atoms with Crippen LogP contribution in [-0.2, 0) is 6.42 Å². The minimum absolute atomic E-state index is 0.117. The van der Waals surface area contributed by atoms with Crippen LogP contribution >= 0.6 is 11.3 Å². The zero-order valence-corrected chi connectivity index (χ0v) is 13.3. The number of amides is 1. The summed E-state index contributed by atoms with van der Waals surface area (Å²) >= 11 is 1.67. The molecule has 118 valence electrons. The molecule has 2 aromatic carbocycles. The Labute approximate surface area is 136 Å². The van der Waals surface area contributed by atoms with Gasteiger partial charge in [-0.15, -0.1) is 11.3 Å². The predicted octanol–water partition coefficient (Wildman–Crippen LogP) is 4.54. The van der Waals surface area contributed by atoms with Crippen molar-refractivity contribution in [3.8, 4) is 0 Å². The lowest BCUT2D eigenvalue weighted by molar-refractivity contribution is 0.0939. The molecule has 0 aliphatic heterocycles. The van der Waals surface area contributed by atoms with E-state index in [1.807, 2.05) is 19.1 Å². The molecule has 1 heterocycles. The molecule has 1 aromatic heterocycles. The molecule has 0 saturated heterocycles. The van der Waals surface area contributed by atoms with E-state index in [1.54, 1.807) is 11.3 Å². The Morgan fingerprint density at radius 3 is 2.74 bits per heavy atom. The topological polar surface area (TPSA) is 29.1 Å². The summed E-state index contributed by atoms with van der Waals surface area (Å²) in [7, 11) is 0. The fraction of sp³-hybridized carbons (Fsp3) is 0.167. The van der Waals surface area contributed by atoms with E-state index >= 15 is 0 Å². The number of halogens is 2. The Bertz CT molecular complexity index is 859. The highest BCUT2D eigenvalue weighted by Gasteiger charge is 2.14. The van der Waals surface area contributed by atoms with Crippen LogP contribution in [0.1, 0.15) is 22.8 Å². The molecule has 1 N–H and O–H groups in total. The molecule has 0 spiro atoms. The van der Waals surface area contributed by atoms with Crippen LogP contribution in [0, 0.1) is 11.6 Å². The van der Waals surface area contributed by atoms with Gasteiger partial charge in [0.25, 0.3) is 5.91 Å². The quantitative estimate of drug-likeness (QED) is 0.747. The van der Waals surface area contributed by atoms with Crippen LogP contribution in [-0.4, -0.2) is 11.9 Å². The van der Waals surface area contributed by atoms with E-state index < -0.39 is 17.5 Å². The lowest BCUT2D eigenvalue weighted by Crippen LogP contribution is -2.34. The van der Waals surface area contributed by atoms with Gasteiger partial charge in [-0.05, 0) is 53.9 Å². The van der Waals surface area contributed by atoms with Crippen LogP contribution in [0.25, 0.3) is 10.1 Å². The number of benzene rings is 2. The van der Waals surface area contributed by atoms with Crippen LogP contribution in [0.15, 0.2) is 47.8 Å². The second kappa shape index (κ2) is 6.46. The first kappa shape index (κ1) is 15.6. The Hall–Kier alpha value is -2.27. The number of nitrogens with one attached hydrogen (secondary N) is 1. The number of hydrogen-bond acceptors (Lipinski definition) is 2. The first-order chi connectivity index (χ1) is 11.0. The number of carbonyl (C=O) groups is 1. The van der Waals surface area contributed by atoms with Gasteiger partial charge < -0.3 is 5.32 Å². The number of rotatable bonds is 4. The van der Waals surface area contributed by atoms with E-state index in [0.29, 0.717) is 6.42 Å². The van der Waals surface area contributed by atoms with Crippen molar-refractivity contribution in [3.63, 3.8) is 0 Å². The summed E-state index contributed by atoms with van der Waals surface area (Å²) in [6.45, 7) is 1.89. The van der Waals surface area contributed by atoms with E-state index in [9.17, 15) is 13.6 Å². The van der Waals surface area contributed by atoms with Gasteiger partial charge in [-0.1, -0.05) is 18.2 Å². The van der Waals surface area contributed by atoms with E-state index in [0.717, 1.165) is 12.1 Å². The number of fused-ring (bicyclic) bond motifs is 1. The summed E-state index contributed by atoms with van der Waals surface area (Å²) in [6, 6.07) is 11.1. The Morgan fingerprint density at radius 1 is 1.17 bits per heavy atom. The first-order valence-electron chi connectivity index (χ1n) is 7.25. The molecule has 3 aromatic rings. The summed E-state index contributed by atoms with van der Waals surface area (Å²) < 4.78 is 27.3. The summed E-state index contributed by atoms with van der Waals surface area (Å²) in [5, 5.41) is 6.10. The fourth-order valence-corrected chi connectivity index (χ4v) is 3.49. The monoisotopic (exact) mass is 331 g/mol. The molecule has 0 saturated carbocycles. The highest BCUT2D eigenvalue weighted by molar-refractivity contribution is 7.17. The molecule has 0 radical (unpaired) electrons. The fourth-order valence-electron chi connectivity index (χ4n) is 2.52. The molecule has 5 heteroatoms. The van der Waals surface area contributed by atoms with Gasteiger partial charge in [0.1, 0.15) is 0 Å². The number of thiophene rings is 1. The van der Waals surface area contributed by atoms with Gasteiger partial charge in [-0.25, -0.2) is 8.78 Å². The molecule has 1 amide bonds. The molecule has 0 unspecified atom stereocenters. The highest BCUT2D eigenvalue weighted by atomic mass is 32.1. The van der Waals surface area contributed by atoms with E-state index in [4.69, 9.17) is 0 Å². The Kier molecular flexibility index (Phi) is 4.39. The van der Waals surface area contributed by atoms with Gasteiger partial charge in [-0.2, -0.15) is 0 Å². The van der Waals surface area contributed by atoms with Crippen LogP contribution in [0.4, 0.5) is 8.78 Å². The second-order valence-electron chi connectivity index (χ2n) is 5.46. The van der Waals surface area contributed by atoms with E-state index in [2.05, 4.69) is 22.8 Å². The standard InChI is InChI=1S/C18H15F2NOS/c1-11(8-13-10-23-17-5-3-2-4-14(13)17)21-18(22)12-6-7-15(19)16(20)9-12/h2-7,9-11H,8H2,1H3,(H,21,22)/t11-/m1/s1. The summed E-state index contributed by atoms with van der Waals surface area (Å²) in [4.78, 5) is 12.1. The van der Waals surface area contributed by atoms with Crippen molar-refractivity contribution in [2.24, 2.45) is 0 Å². The van der Waals surface area contributed by atoms with Crippen LogP contribution in [0.2, 0.25) is 0 Å². The molecule has 0 aliphatic carbocycles. The van der Waals surface area contributed by atoms with E-state index in [1.165, 1.54) is 21.7 Å². The van der Waals surface area contributed by atoms with Gasteiger partial charge in [0, 0.05) is 16.3 Å². The zero-order valence-electron chi connectivity index (χ0n) is 12.5. The molecule has 3 rings (SSSR count). The lowest BCUT2D eigenvalue weighted by Gasteiger charge is -2.14. The van der Waals surface area contributed by atoms with Gasteiger partial charge in [0.2, 0.25) is 0 Å². The van der Waals surface area contributed by atoms with Gasteiger partial charge >= 0.3 is 0 Å². The molecule has 0 bridgehead atoms. The third kappa shape index (κ3) is 3.40. The summed E-state index contributed by atoms with van der Waals surface area (Å²) in [6.07, 6.45) is 0.680. The normalized spacial score (nSPS) is 12.3. The molecule has 0 fully saturated rings. The molecular formula is C18H15F2NOS. The zero-order chi connectivity index (χ0) is 16.4. The van der Waals surface area contributed by atoms with Crippen LogP contribution in [0.5, 0.6) is 0 Å². The summed E-state index contributed by atoms with van der Waals surface area (Å²) in [5.41, 5.74) is 1.29. The van der Waals surface area contributed by atoms with Crippen molar-refractivity contribution in [1.82, 2.24) is 5.32 Å². The third-order valence-electron chi connectivity index (χ3n) is 3.65. The van der Waals surface area contributed by atoms with Crippen molar-refractivity contribution in [2.45, 2.75) is 19.4 Å².